The van der Waals surface area contributed by atoms with Gasteiger partial charge < -0.3 is 9.47 Å². The molecule has 0 saturated carbocycles. The smallest absolute Gasteiger partial charge is 0.330 e. The highest BCUT2D eigenvalue weighted by Gasteiger charge is 2.06. The standard InChI is InChI=1S/C11H11ClINO3/c1-7(3-6-10(15)16-2)17-8-4-5-9(12)14-11(8)13/h3-7H,1-2H3. The van der Waals surface area contributed by atoms with Crippen LogP contribution in [-0.4, -0.2) is 24.2 Å². The molecule has 6 heteroatoms. The van der Waals surface area contributed by atoms with Gasteiger partial charge in [0.05, 0.1) is 7.11 Å². The van der Waals surface area contributed by atoms with Gasteiger partial charge in [-0.15, -0.1) is 0 Å². The Balaban J connectivity index is 2.65. The maximum atomic E-state index is 10.9. The molecule has 0 aliphatic carbocycles. The fraction of sp³-hybridized carbons (Fsp3) is 0.273. The van der Waals surface area contributed by atoms with Gasteiger partial charge in [-0.3, -0.25) is 0 Å². The summed E-state index contributed by atoms with van der Waals surface area (Å²) in [5.41, 5.74) is 0. The van der Waals surface area contributed by atoms with E-state index in [0.29, 0.717) is 14.6 Å². The number of ether oxygens (including phenoxy) is 2. The van der Waals surface area contributed by atoms with Crippen LogP contribution < -0.4 is 4.74 Å². The number of aromatic nitrogens is 1. The van der Waals surface area contributed by atoms with E-state index in [0.717, 1.165) is 0 Å². The molecule has 0 bridgehead atoms. The molecule has 0 aliphatic rings. The average Bonchev–Trinajstić information content (AvgIpc) is 2.29. The van der Waals surface area contributed by atoms with Crippen molar-refractivity contribution in [1.29, 1.82) is 0 Å². The average molecular weight is 368 g/mol. The summed E-state index contributed by atoms with van der Waals surface area (Å²) >= 11 is 7.76. The second kappa shape index (κ2) is 6.80. The number of esters is 1. The lowest BCUT2D eigenvalue weighted by molar-refractivity contribution is -0.134. The van der Waals surface area contributed by atoms with Gasteiger partial charge in [-0.2, -0.15) is 0 Å². The van der Waals surface area contributed by atoms with Crippen molar-refractivity contribution in [2.45, 2.75) is 13.0 Å². The minimum atomic E-state index is -0.413. The van der Waals surface area contributed by atoms with Crippen LogP contribution in [0.2, 0.25) is 5.15 Å². The lowest BCUT2D eigenvalue weighted by Crippen LogP contribution is -2.10. The van der Waals surface area contributed by atoms with E-state index in [2.05, 4.69) is 9.72 Å². The molecule has 4 nitrogen and oxygen atoms in total. The molecule has 1 unspecified atom stereocenters. The number of methoxy groups -OCH3 is 1. The third kappa shape index (κ3) is 4.91. The van der Waals surface area contributed by atoms with Crippen LogP contribution in [0, 0.1) is 3.70 Å². The van der Waals surface area contributed by atoms with E-state index in [-0.39, 0.29) is 6.10 Å². The van der Waals surface area contributed by atoms with E-state index in [4.69, 9.17) is 16.3 Å². The first-order valence-electron chi connectivity index (χ1n) is 4.77. The Morgan fingerprint density at radius 3 is 2.88 bits per heavy atom. The first kappa shape index (κ1) is 14.2. The Kier molecular flexibility index (Phi) is 5.70. The third-order valence-electron chi connectivity index (χ3n) is 1.80. The molecule has 0 fully saturated rings. The zero-order chi connectivity index (χ0) is 12.8. The highest BCUT2D eigenvalue weighted by atomic mass is 127. The minimum absolute atomic E-state index is 0.259. The number of carbonyl (C=O) groups excluding carboxylic acids is 1. The van der Waals surface area contributed by atoms with Crippen molar-refractivity contribution < 1.29 is 14.3 Å². The Bertz CT molecular complexity index is 437. The van der Waals surface area contributed by atoms with E-state index < -0.39 is 5.97 Å². The predicted octanol–water partition coefficient (Wildman–Crippen LogP) is 2.84. The number of halogens is 2. The van der Waals surface area contributed by atoms with Crippen LogP contribution in [0.15, 0.2) is 24.3 Å². The summed E-state index contributed by atoms with van der Waals surface area (Å²) in [4.78, 5) is 14.9. The van der Waals surface area contributed by atoms with Crippen LogP contribution >= 0.6 is 34.2 Å². The molecule has 0 N–H and O–H groups in total. The zero-order valence-corrected chi connectivity index (χ0v) is 12.2. The SMILES string of the molecule is COC(=O)C=CC(C)Oc1ccc(Cl)nc1I. The quantitative estimate of drug-likeness (QED) is 0.355. The largest absolute Gasteiger partial charge is 0.484 e. The van der Waals surface area contributed by atoms with Gasteiger partial charge in [-0.05, 0) is 47.7 Å². The normalized spacial score (nSPS) is 12.5. The van der Waals surface area contributed by atoms with Gasteiger partial charge in [0.15, 0.2) is 5.75 Å². The van der Waals surface area contributed by atoms with E-state index >= 15 is 0 Å². The maximum Gasteiger partial charge on any atom is 0.330 e. The predicted molar refractivity (Wildman–Crippen MR) is 73.2 cm³/mol. The molecule has 0 amide bonds. The number of rotatable bonds is 4. The van der Waals surface area contributed by atoms with Crippen LogP contribution in [-0.2, 0) is 9.53 Å². The molecule has 0 radical (unpaired) electrons. The Labute approximate surface area is 118 Å². The van der Waals surface area contributed by atoms with Gasteiger partial charge in [0, 0.05) is 6.08 Å². The van der Waals surface area contributed by atoms with Gasteiger partial charge in [0.2, 0.25) is 0 Å². The van der Waals surface area contributed by atoms with Crippen LogP contribution in [0.4, 0.5) is 0 Å². The topological polar surface area (TPSA) is 48.4 Å². The molecule has 1 atom stereocenters. The third-order valence-corrected chi connectivity index (χ3v) is 2.78. The van der Waals surface area contributed by atoms with Crippen molar-refractivity contribution in [2.75, 3.05) is 7.11 Å². The van der Waals surface area contributed by atoms with Crippen molar-refractivity contribution in [1.82, 2.24) is 4.98 Å². The summed E-state index contributed by atoms with van der Waals surface area (Å²) in [6, 6.07) is 3.38. The Morgan fingerprint density at radius 1 is 1.59 bits per heavy atom. The zero-order valence-electron chi connectivity index (χ0n) is 9.31. The minimum Gasteiger partial charge on any atom is -0.484 e. The lowest BCUT2D eigenvalue weighted by Gasteiger charge is -2.11. The van der Waals surface area contributed by atoms with Crippen molar-refractivity contribution in [3.63, 3.8) is 0 Å². The first-order valence-corrected chi connectivity index (χ1v) is 6.23. The van der Waals surface area contributed by atoms with Crippen LogP contribution in [0.5, 0.6) is 5.75 Å². The number of hydrogen-bond donors (Lipinski definition) is 0. The molecule has 0 aliphatic heterocycles. The molecule has 0 saturated heterocycles. The molecule has 1 aromatic rings. The second-order valence-corrected chi connectivity index (χ2v) is 4.54. The highest BCUT2D eigenvalue weighted by Crippen LogP contribution is 2.22. The summed E-state index contributed by atoms with van der Waals surface area (Å²) in [5, 5.41) is 0.416. The maximum absolute atomic E-state index is 10.9. The monoisotopic (exact) mass is 367 g/mol. The van der Waals surface area contributed by atoms with Crippen LogP contribution in [0.1, 0.15) is 6.92 Å². The van der Waals surface area contributed by atoms with Gasteiger partial charge in [-0.1, -0.05) is 11.6 Å². The highest BCUT2D eigenvalue weighted by molar-refractivity contribution is 14.1. The molecule has 0 aromatic carbocycles. The molecule has 0 spiro atoms. The first-order chi connectivity index (χ1) is 8.02. The van der Waals surface area contributed by atoms with Gasteiger partial charge in [-0.25, -0.2) is 9.78 Å². The van der Waals surface area contributed by atoms with E-state index in [1.165, 1.54) is 13.2 Å². The number of pyridine rings is 1. The van der Waals surface area contributed by atoms with Crippen molar-refractivity contribution in [3.8, 4) is 5.75 Å². The lowest BCUT2D eigenvalue weighted by atomic mass is 10.3. The summed E-state index contributed by atoms with van der Waals surface area (Å²) in [6.07, 6.45) is 2.67. The molecule has 1 rings (SSSR count). The van der Waals surface area contributed by atoms with Gasteiger partial charge in [0.25, 0.3) is 0 Å². The van der Waals surface area contributed by atoms with Crippen molar-refractivity contribution in [2.24, 2.45) is 0 Å². The number of hydrogen-bond acceptors (Lipinski definition) is 4. The summed E-state index contributed by atoms with van der Waals surface area (Å²) in [6.45, 7) is 1.81. The van der Waals surface area contributed by atoms with Crippen LogP contribution in [0.25, 0.3) is 0 Å². The molecule has 1 aromatic heterocycles. The van der Waals surface area contributed by atoms with Gasteiger partial charge >= 0.3 is 5.97 Å². The molecule has 17 heavy (non-hydrogen) atoms. The number of nitrogens with zero attached hydrogens (tertiary/aromatic N) is 1. The van der Waals surface area contributed by atoms with Gasteiger partial charge in [0.1, 0.15) is 15.0 Å². The van der Waals surface area contributed by atoms with Crippen molar-refractivity contribution >= 4 is 40.2 Å². The summed E-state index contributed by atoms with van der Waals surface area (Å²) < 4.78 is 10.7. The fourth-order valence-corrected chi connectivity index (χ4v) is 1.87. The second-order valence-electron chi connectivity index (χ2n) is 3.13. The van der Waals surface area contributed by atoms with Crippen LogP contribution in [0.3, 0.4) is 0 Å². The van der Waals surface area contributed by atoms with Crippen molar-refractivity contribution in [3.05, 3.63) is 33.1 Å². The summed E-state index contributed by atoms with van der Waals surface area (Å²) in [5.74, 6) is 0.210. The Hall–Kier alpha value is -0.820. The molecular weight excluding hydrogens is 356 g/mol. The number of carbonyl (C=O) groups is 1. The molecule has 1 heterocycles. The molecular formula is C11H11ClINO3. The fourth-order valence-electron chi connectivity index (χ4n) is 1.01. The summed E-state index contributed by atoms with van der Waals surface area (Å²) in [7, 11) is 1.32. The van der Waals surface area contributed by atoms with E-state index in [1.54, 1.807) is 18.2 Å². The molecule has 92 valence electrons. The van der Waals surface area contributed by atoms with E-state index in [9.17, 15) is 4.79 Å². The Morgan fingerprint density at radius 2 is 2.29 bits per heavy atom. The van der Waals surface area contributed by atoms with E-state index in [1.807, 2.05) is 29.5 Å².